The lowest BCUT2D eigenvalue weighted by Crippen LogP contribution is -2.48. The molecule has 1 aliphatic carbocycles. The molecule has 1 fully saturated rings. The van der Waals surface area contributed by atoms with Crippen LogP contribution in [0.3, 0.4) is 0 Å². The monoisotopic (exact) mass is 243 g/mol. The van der Waals surface area contributed by atoms with Crippen LogP contribution in [0, 0.1) is 5.41 Å². The van der Waals surface area contributed by atoms with Crippen molar-refractivity contribution in [2.75, 3.05) is 13.7 Å². The number of nitrogens with one attached hydrogen (secondary N) is 1. The summed E-state index contributed by atoms with van der Waals surface area (Å²) in [6.45, 7) is 6.98. The van der Waals surface area contributed by atoms with E-state index in [4.69, 9.17) is 9.84 Å². The first-order valence-corrected chi connectivity index (χ1v) is 6.87. The van der Waals surface area contributed by atoms with Crippen LogP contribution in [0.15, 0.2) is 0 Å². The molecule has 1 saturated carbocycles. The Labute approximate surface area is 106 Å². The van der Waals surface area contributed by atoms with Crippen molar-refractivity contribution in [3.63, 3.8) is 0 Å². The lowest BCUT2D eigenvalue weighted by atomic mass is 9.83. The van der Waals surface area contributed by atoms with Crippen molar-refractivity contribution in [2.45, 2.75) is 71.1 Å². The van der Waals surface area contributed by atoms with Gasteiger partial charge in [0.05, 0.1) is 6.10 Å². The summed E-state index contributed by atoms with van der Waals surface area (Å²) in [5.41, 5.74) is 0.209. The zero-order valence-electron chi connectivity index (χ0n) is 11.8. The van der Waals surface area contributed by atoms with Gasteiger partial charge >= 0.3 is 0 Å². The van der Waals surface area contributed by atoms with Crippen LogP contribution in [0.2, 0.25) is 0 Å². The standard InChI is InChI=1S/C14H29NO2/c1-14(2,3)13(9-10-16)15-11-5-7-12(17-4)8-6-11/h11-13,15-16H,5-10H2,1-4H3. The van der Waals surface area contributed by atoms with Gasteiger partial charge < -0.3 is 15.2 Å². The summed E-state index contributed by atoms with van der Waals surface area (Å²) >= 11 is 0. The molecule has 0 spiro atoms. The number of methoxy groups -OCH3 is 1. The maximum absolute atomic E-state index is 9.15. The van der Waals surface area contributed by atoms with Gasteiger partial charge in [-0.15, -0.1) is 0 Å². The Morgan fingerprint density at radius 1 is 1.24 bits per heavy atom. The van der Waals surface area contributed by atoms with E-state index in [9.17, 15) is 0 Å². The zero-order valence-corrected chi connectivity index (χ0v) is 11.8. The minimum atomic E-state index is 0.209. The van der Waals surface area contributed by atoms with E-state index in [2.05, 4.69) is 26.1 Å². The molecule has 0 saturated heterocycles. The summed E-state index contributed by atoms with van der Waals surface area (Å²) in [5, 5.41) is 12.9. The highest BCUT2D eigenvalue weighted by Crippen LogP contribution is 2.26. The van der Waals surface area contributed by atoms with Gasteiger partial charge in [-0.1, -0.05) is 20.8 Å². The number of hydrogen-bond donors (Lipinski definition) is 2. The smallest absolute Gasteiger partial charge is 0.0572 e. The van der Waals surface area contributed by atoms with Crippen LogP contribution >= 0.6 is 0 Å². The SMILES string of the molecule is COC1CCC(NC(CCO)C(C)(C)C)CC1. The predicted molar refractivity (Wildman–Crippen MR) is 71.1 cm³/mol. The molecule has 17 heavy (non-hydrogen) atoms. The molecular weight excluding hydrogens is 214 g/mol. The van der Waals surface area contributed by atoms with Crippen molar-refractivity contribution in [3.05, 3.63) is 0 Å². The minimum Gasteiger partial charge on any atom is -0.396 e. The third-order valence-electron chi connectivity index (χ3n) is 3.91. The Morgan fingerprint density at radius 2 is 1.82 bits per heavy atom. The molecule has 2 N–H and O–H groups in total. The Bertz CT molecular complexity index is 205. The van der Waals surface area contributed by atoms with Gasteiger partial charge in [0.15, 0.2) is 0 Å². The summed E-state index contributed by atoms with van der Waals surface area (Å²) in [5.74, 6) is 0. The maximum Gasteiger partial charge on any atom is 0.0572 e. The molecule has 0 aromatic carbocycles. The second-order valence-electron chi connectivity index (χ2n) is 6.31. The van der Waals surface area contributed by atoms with Crippen LogP contribution in [-0.2, 0) is 4.74 Å². The fourth-order valence-corrected chi connectivity index (χ4v) is 2.65. The predicted octanol–water partition coefficient (Wildman–Crippen LogP) is 2.33. The molecule has 0 bridgehead atoms. The quantitative estimate of drug-likeness (QED) is 0.778. The fraction of sp³-hybridized carbons (Fsp3) is 1.00. The minimum absolute atomic E-state index is 0.209. The first-order valence-electron chi connectivity index (χ1n) is 6.87. The summed E-state index contributed by atoms with van der Waals surface area (Å²) in [6, 6.07) is 0.994. The van der Waals surface area contributed by atoms with Gasteiger partial charge in [-0.25, -0.2) is 0 Å². The highest BCUT2D eigenvalue weighted by molar-refractivity contribution is 4.86. The topological polar surface area (TPSA) is 41.5 Å². The molecule has 0 aromatic heterocycles. The molecule has 0 heterocycles. The molecule has 1 unspecified atom stereocenters. The normalized spacial score (nSPS) is 28.1. The number of aliphatic hydroxyl groups is 1. The van der Waals surface area contributed by atoms with Crippen molar-refractivity contribution in [2.24, 2.45) is 5.41 Å². The summed E-state index contributed by atoms with van der Waals surface area (Å²) < 4.78 is 5.39. The van der Waals surface area contributed by atoms with Gasteiger partial charge in [-0.2, -0.15) is 0 Å². The van der Waals surface area contributed by atoms with Crippen molar-refractivity contribution in [1.82, 2.24) is 5.32 Å². The maximum atomic E-state index is 9.15. The average Bonchev–Trinajstić information content (AvgIpc) is 2.28. The van der Waals surface area contributed by atoms with Gasteiger partial charge in [0, 0.05) is 25.8 Å². The van der Waals surface area contributed by atoms with Crippen LogP contribution in [0.1, 0.15) is 52.9 Å². The van der Waals surface area contributed by atoms with E-state index in [1.165, 1.54) is 12.8 Å². The third-order valence-corrected chi connectivity index (χ3v) is 3.91. The number of rotatable bonds is 5. The largest absolute Gasteiger partial charge is 0.396 e. The molecule has 1 atom stereocenters. The van der Waals surface area contributed by atoms with E-state index in [1.807, 2.05) is 7.11 Å². The van der Waals surface area contributed by atoms with E-state index in [-0.39, 0.29) is 12.0 Å². The second-order valence-corrected chi connectivity index (χ2v) is 6.31. The van der Waals surface area contributed by atoms with Gasteiger partial charge in [0.25, 0.3) is 0 Å². The Morgan fingerprint density at radius 3 is 2.24 bits per heavy atom. The highest BCUT2D eigenvalue weighted by atomic mass is 16.5. The Balaban J connectivity index is 2.41. The number of hydrogen-bond acceptors (Lipinski definition) is 3. The fourth-order valence-electron chi connectivity index (χ4n) is 2.65. The van der Waals surface area contributed by atoms with Crippen molar-refractivity contribution in [3.8, 4) is 0 Å². The zero-order chi connectivity index (χ0) is 12.9. The summed E-state index contributed by atoms with van der Waals surface area (Å²) in [6.07, 6.45) is 5.99. The molecule has 0 radical (unpaired) electrons. The van der Waals surface area contributed by atoms with E-state index in [1.54, 1.807) is 0 Å². The summed E-state index contributed by atoms with van der Waals surface area (Å²) in [4.78, 5) is 0. The molecule has 1 aliphatic rings. The van der Waals surface area contributed by atoms with E-state index in [0.29, 0.717) is 18.2 Å². The van der Waals surface area contributed by atoms with Crippen LogP contribution in [0.25, 0.3) is 0 Å². The molecule has 0 aliphatic heterocycles. The third kappa shape index (κ3) is 4.94. The molecule has 1 rings (SSSR count). The summed E-state index contributed by atoms with van der Waals surface area (Å²) in [7, 11) is 1.81. The lowest BCUT2D eigenvalue weighted by Gasteiger charge is -2.37. The number of aliphatic hydroxyl groups excluding tert-OH is 1. The van der Waals surface area contributed by atoms with Crippen molar-refractivity contribution >= 4 is 0 Å². The van der Waals surface area contributed by atoms with Crippen molar-refractivity contribution < 1.29 is 9.84 Å². The van der Waals surface area contributed by atoms with Gasteiger partial charge in [0.2, 0.25) is 0 Å². The lowest BCUT2D eigenvalue weighted by molar-refractivity contribution is 0.0571. The average molecular weight is 243 g/mol. The molecule has 3 nitrogen and oxygen atoms in total. The highest BCUT2D eigenvalue weighted by Gasteiger charge is 2.28. The van der Waals surface area contributed by atoms with Gasteiger partial charge in [0.1, 0.15) is 0 Å². The molecule has 0 amide bonds. The van der Waals surface area contributed by atoms with Crippen LogP contribution in [0.5, 0.6) is 0 Å². The first-order chi connectivity index (χ1) is 7.97. The number of ether oxygens (including phenoxy) is 1. The Hall–Kier alpha value is -0.120. The van der Waals surface area contributed by atoms with Crippen molar-refractivity contribution in [1.29, 1.82) is 0 Å². The van der Waals surface area contributed by atoms with Crippen LogP contribution in [-0.4, -0.2) is 37.0 Å². The van der Waals surface area contributed by atoms with E-state index < -0.39 is 0 Å². The second kappa shape index (κ2) is 6.72. The Kier molecular flexibility index (Phi) is 5.90. The molecular formula is C14H29NO2. The molecule has 3 heteroatoms. The van der Waals surface area contributed by atoms with Crippen LogP contribution < -0.4 is 5.32 Å². The van der Waals surface area contributed by atoms with E-state index >= 15 is 0 Å². The van der Waals surface area contributed by atoms with Crippen LogP contribution in [0.4, 0.5) is 0 Å². The van der Waals surface area contributed by atoms with Gasteiger partial charge in [-0.05, 0) is 37.5 Å². The molecule has 0 aromatic rings. The van der Waals surface area contributed by atoms with E-state index in [0.717, 1.165) is 19.3 Å². The molecule has 102 valence electrons. The first kappa shape index (κ1) is 14.9. The van der Waals surface area contributed by atoms with Gasteiger partial charge in [-0.3, -0.25) is 0 Å².